The van der Waals surface area contributed by atoms with Gasteiger partial charge in [0.05, 0.1) is 0 Å². The first-order valence-electron chi connectivity index (χ1n) is 3.69. The van der Waals surface area contributed by atoms with Gasteiger partial charge in [-0.05, 0) is 6.07 Å². The van der Waals surface area contributed by atoms with Gasteiger partial charge in [0.2, 0.25) is 0 Å². The highest BCUT2D eigenvalue weighted by Crippen LogP contribution is 2.40. The van der Waals surface area contributed by atoms with Crippen molar-refractivity contribution in [1.82, 2.24) is 4.98 Å². The Balaban J connectivity index is 3.36. The average Bonchev–Trinajstić information content (AvgIpc) is 2.05. The van der Waals surface area contributed by atoms with Crippen molar-refractivity contribution in [2.24, 2.45) is 0 Å². The van der Waals surface area contributed by atoms with E-state index in [9.17, 15) is 30.7 Å². The zero-order chi connectivity index (χ0) is 13.4. The van der Waals surface area contributed by atoms with E-state index in [2.05, 4.69) is 9.72 Å². The summed E-state index contributed by atoms with van der Waals surface area (Å²) in [4.78, 5) is 2.61. The fourth-order valence-electron chi connectivity index (χ4n) is 0.896. The molecule has 1 rings (SSSR count). The maximum atomic E-state index is 12.9. The van der Waals surface area contributed by atoms with E-state index in [1.807, 2.05) is 0 Å². The van der Waals surface area contributed by atoms with Crippen molar-refractivity contribution in [3.05, 3.63) is 22.7 Å². The molecule has 2 nitrogen and oxygen atoms in total. The summed E-state index contributed by atoms with van der Waals surface area (Å²) in [6.07, 6.45) is -10.7. The Bertz CT molecular complexity index is 427. The van der Waals surface area contributed by atoms with Crippen LogP contribution < -0.4 is 4.74 Å². The molecule has 1 heterocycles. The van der Waals surface area contributed by atoms with Gasteiger partial charge in [0.15, 0.2) is 5.75 Å². The van der Waals surface area contributed by atoms with Crippen molar-refractivity contribution in [1.29, 1.82) is 0 Å². The van der Waals surface area contributed by atoms with Gasteiger partial charge in [-0.3, -0.25) is 0 Å². The Morgan fingerprint density at radius 3 is 2.06 bits per heavy atom. The van der Waals surface area contributed by atoms with Crippen molar-refractivity contribution >= 4 is 11.6 Å². The van der Waals surface area contributed by atoms with Crippen molar-refractivity contribution in [3.8, 4) is 5.75 Å². The zero-order valence-electron chi connectivity index (χ0n) is 7.46. The minimum atomic E-state index is -5.48. The second-order valence-electron chi connectivity index (χ2n) is 2.66. The van der Waals surface area contributed by atoms with Gasteiger partial charge in [-0.2, -0.15) is 17.6 Å². The molecule has 0 aliphatic heterocycles. The van der Waals surface area contributed by atoms with Gasteiger partial charge in [0.1, 0.15) is 10.7 Å². The lowest BCUT2D eigenvalue weighted by Gasteiger charge is -2.15. The average molecular weight is 284 g/mol. The molecule has 0 unspecified atom stereocenters. The van der Waals surface area contributed by atoms with Crippen LogP contribution >= 0.6 is 11.6 Å². The monoisotopic (exact) mass is 283 g/mol. The van der Waals surface area contributed by atoms with E-state index in [1.54, 1.807) is 0 Å². The maximum Gasteiger partial charge on any atom is 0.573 e. The SMILES string of the molecule is Fc1nc(Cl)cc(C(F)(F)F)c1OC(F)(F)F. The molecule has 0 atom stereocenters. The molecule has 0 amide bonds. The molecule has 0 saturated heterocycles. The number of halogens is 8. The molecule has 0 fully saturated rings. The number of ether oxygens (including phenoxy) is 1. The summed E-state index contributed by atoms with van der Waals surface area (Å²) in [5.74, 6) is -4.16. The summed E-state index contributed by atoms with van der Waals surface area (Å²) < 4.78 is 87.9. The van der Waals surface area contributed by atoms with Gasteiger partial charge >= 0.3 is 12.5 Å². The molecule has 1 aromatic rings. The number of rotatable bonds is 1. The van der Waals surface area contributed by atoms with Crippen LogP contribution in [0, 0.1) is 5.95 Å². The number of alkyl halides is 6. The fourth-order valence-corrected chi connectivity index (χ4v) is 1.08. The largest absolute Gasteiger partial charge is 0.573 e. The number of hydrogen-bond acceptors (Lipinski definition) is 2. The summed E-state index contributed by atoms with van der Waals surface area (Å²) >= 11 is 5.01. The summed E-state index contributed by atoms with van der Waals surface area (Å²) in [6.45, 7) is 0. The fraction of sp³-hybridized carbons (Fsp3) is 0.286. The standard InChI is InChI=1S/C7HClF7NO/c8-3-1-2(6(10,11)12)4(5(9)16-3)17-7(13,14)15/h1H. The zero-order valence-corrected chi connectivity index (χ0v) is 8.21. The predicted octanol–water partition coefficient (Wildman–Crippen LogP) is 3.79. The smallest absolute Gasteiger partial charge is 0.400 e. The van der Waals surface area contributed by atoms with Crippen LogP contribution in [-0.2, 0) is 6.18 Å². The van der Waals surface area contributed by atoms with Crippen LogP contribution in [0.1, 0.15) is 5.56 Å². The molecule has 0 aliphatic rings. The predicted molar refractivity (Wildman–Crippen MR) is 40.9 cm³/mol. The van der Waals surface area contributed by atoms with Gasteiger partial charge in [0, 0.05) is 0 Å². The van der Waals surface area contributed by atoms with Crippen LogP contribution in [0.5, 0.6) is 5.75 Å². The second-order valence-corrected chi connectivity index (χ2v) is 3.05. The Morgan fingerprint density at radius 2 is 1.65 bits per heavy atom. The third-order valence-corrected chi connectivity index (χ3v) is 1.62. The molecule has 0 aliphatic carbocycles. The van der Waals surface area contributed by atoms with Crippen LogP contribution in [0.25, 0.3) is 0 Å². The highest BCUT2D eigenvalue weighted by Gasteiger charge is 2.42. The van der Waals surface area contributed by atoms with E-state index >= 15 is 0 Å². The first-order valence-corrected chi connectivity index (χ1v) is 4.07. The van der Waals surface area contributed by atoms with E-state index in [4.69, 9.17) is 11.6 Å². The molecule has 10 heteroatoms. The number of aromatic nitrogens is 1. The number of nitrogens with zero attached hydrogens (tertiary/aromatic N) is 1. The van der Waals surface area contributed by atoms with Crippen LogP contribution in [0.15, 0.2) is 6.07 Å². The van der Waals surface area contributed by atoms with Crippen LogP contribution in [0.2, 0.25) is 5.15 Å². The van der Waals surface area contributed by atoms with Crippen molar-refractivity contribution in [2.45, 2.75) is 12.5 Å². The molecule has 0 spiro atoms. The summed E-state index contributed by atoms with van der Waals surface area (Å²) in [5.41, 5.74) is -1.99. The van der Waals surface area contributed by atoms with Crippen molar-refractivity contribution in [3.63, 3.8) is 0 Å². The lowest BCUT2D eigenvalue weighted by molar-refractivity contribution is -0.277. The molecule has 0 N–H and O–H groups in total. The minimum Gasteiger partial charge on any atom is -0.400 e. The van der Waals surface area contributed by atoms with Gasteiger partial charge in [0.25, 0.3) is 5.95 Å². The lowest BCUT2D eigenvalue weighted by atomic mass is 10.2. The Hall–Kier alpha value is -1.25. The third kappa shape index (κ3) is 3.62. The Kier molecular flexibility index (Phi) is 3.42. The number of pyridine rings is 1. The van der Waals surface area contributed by atoms with Crippen LogP contribution in [0.4, 0.5) is 30.7 Å². The Morgan fingerprint density at radius 1 is 1.12 bits per heavy atom. The highest BCUT2D eigenvalue weighted by atomic mass is 35.5. The molecular formula is C7HClF7NO. The first-order chi connectivity index (χ1) is 7.50. The van der Waals surface area contributed by atoms with E-state index in [1.165, 1.54) is 0 Å². The maximum absolute atomic E-state index is 12.9. The van der Waals surface area contributed by atoms with Crippen molar-refractivity contribution in [2.75, 3.05) is 0 Å². The lowest BCUT2D eigenvalue weighted by Crippen LogP contribution is -2.21. The minimum absolute atomic E-state index is 0.0334. The van der Waals surface area contributed by atoms with Gasteiger partial charge in [-0.1, -0.05) is 11.6 Å². The van der Waals surface area contributed by atoms with E-state index in [0.29, 0.717) is 0 Å². The summed E-state index contributed by atoms with van der Waals surface area (Å²) in [5, 5.41) is -0.940. The van der Waals surface area contributed by atoms with E-state index in [0.717, 1.165) is 0 Å². The topological polar surface area (TPSA) is 22.1 Å². The van der Waals surface area contributed by atoms with E-state index in [-0.39, 0.29) is 6.07 Å². The summed E-state index contributed by atoms with van der Waals surface area (Å²) in [7, 11) is 0. The molecule has 0 aromatic carbocycles. The van der Waals surface area contributed by atoms with Gasteiger partial charge in [-0.15, -0.1) is 13.2 Å². The van der Waals surface area contributed by atoms with Crippen molar-refractivity contribution < 1.29 is 35.5 Å². The molecule has 0 saturated carbocycles. The molecule has 17 heavy (non-hydrogen) atoms. The highest BCUT2D eigenvalue weighted by molar-refractivity contribution is 6.29. The molecule has 0 radical (unpaired) electrons. The normalized spacial score (nSPS) is 12.7. The molecule has 96 valence electrons. The first kappa shape index (κ1) is 13.8. The second kappa shape index (κ2) is 4.21. The Labute approximate surface area is 94.0 Å². The quantitative estimate of drug-likeness (QED) is 0.578. The summed E-state index contributed by atoms with van der Waals surface area (Å²) in [6, 6.07) is 0.0334. The van der Waals surface area contributed by atoms with E-state index < -0.39 is 35.0 Å². The molecular weight excluding hydrogens is 283 g/mol. The third-order valence-electron chi connectivity index (χ3n) is 1.42. The van der Waals surface area contributed by atoms with Crippen LogP contribution in [-0.4, -0.2) is 11.3 Å². The molecule has 1 aromatic heterocycles. The van der Waals surface area contributed by atoms with Gasteiger partial charge in [-0.25, -0.2) is 4.98 Å². The number of hydrogen-bond donors (Lipinski definition) is 0. The molecule has 0 bridgehead atoms. The van der Waals surface area contributed by atoms with Gasteiger partial charge < -0.3 is 4.74 Å². The van der Waals surface area contributed by atoms with Crippen LogP contribution in [0.3, 0.4) is 0 Å².